The summed E-state index contributed by atoms with van der Waals surface area (Å²) in [6.07, 6.45) is 4.13. The Morgan fingerprint density at radius 2 is 2.00 bits per heavy atom. The van der Waals surface area contributed by atoms with Gasteiger partial charge in [0.15, 0.2) is 5.78 Å². The van der Waals surface area contributed by atoms with Gasteiger partial charge in [0.25, 0.3) is 0 Å². The molecule has 1 saturated heterocycles. The first kappa shape index (κ1) is 15.2. The number of ether oxygens (including phenoxy) is 1. The van der Waals surface area contributed by atoms with E-state index < -0.39 is 0 Å². The number of rotatable bonds is 5. The van der Waals surface area contributed by atoms with Crippen molar-refractivity contribution in [3.63, 3.8) is 0 Å². The van der Waals surface area contributed by atoms with Gasteiger partial charge < -0.3 is 10.1 Å². The lowest BCUT2D eigenvalue weighted by Crippen LogP contribution is -2.41. The van der Waals surface area contributed by atoms with E-state index in [0.717, 1.165) is 5.56 Å². The van der Waals surface area contributed by atoms with E-state index in [9.17, 15) is 9.59 Å². The van der Waals surface area contributed by atoms with E-state index in [1.807, 2.05) is 12.1 Å². The maximum atomic E-state index is 12.5. The largest absolute Gasteiger partial charge is 0.465 e. The lowest BCUT2D eigenvalue weighted by Gasteiger charge is -2.23. The molecule has 4 atom stereocenters. The normalized spacial score (nSPS) is 27.6. The molecule has 118 valence electrons. The van der Waals surface area contributed by atoms with Gasteiger partial charge in [-0.15, -0.1) is 0 Å². The molecule has 1 aromatic rings. The van der Waals surface area contributed by atoms with Crippen LogP contribution in [0.4, 0.5) is 0 Å². The molecular formula is C18H23NO3. The molecule has 0 amide bonds. The number of methoxy groups -OCH3 is 1. The van der Waals surface area contributed by atoms with Crippen LogP contribution in [0.25, 0.3) is 0 Å². The molecule has 1 saturated carbocycles. The highest BCUT2D eigenvalue weighted by Gasteiger charge is 2.42. The predicted molar refractivity (Wildman–Crippen MR) is 83.9 cm³/mol. The quantitative estimate of drug-likeness (QED) is 0.850. The van der Waals surface area contributed by atoms with E-state index in [1.165, 1.54) is 26.4 Å². The number of carbonyl (C=O) groups is 2. The van der Waals surface area contributed by atoms with E-state index in [4.69, 9.17) is 4.74 Å². The highest BCUT2D eigenvalue weighted by atomic mass is 16.5. The predicted octanol–water partition coefficient (Wildman–Crippen LogP) is 2.68. The van der Waals surface area contributed by atoms with Crippen LogP contribution in [0.3, 0.4) is 0 Å². The first-order valence-corrected chi connectivity index (χ1v) is 8.05. The minimum Gasteiger partial charge on any atom is -0.465 e. The third-order valence-corrected chi connectivity index (χ3v) is 5.11. The highest BCUT2D eigenvalue weighted by molar-refractivity contribution is 5.89. The minimum atomic E-state index is -0.332. The zero-order chi connectivity index (χ0) is 15.7. The molecule has 4 heteroatoms. The summed E-state index contributed by atoms with van der Waals surface area (Å²) in [6.45, 7) is 2.07. The van der Waals surface area contributed by atoms with E-state index >= 15 is 0 Å². The summed E-state index contributed by atoms with van der Waals surface area (Å²) in [5, 5.41) is 3.47. The van der Waals surface area contributed by atoms with Crippen LogP contribution in [0.1, 0.15) is 54.4 Å². The fourth-order valence-corrected chi connectivity index (χ4v) is 3.83. The zero-order valence-corrected chi connectivity index (χ0v) is 13.2. The van der Waals surface area contributed by atoms with Crippen molar-refractivity contribution in [3.05, 3.63) is 35.4 Å². The summed E-state index contributed by atoms with van der Waals surface area (Å²) in [5.74, 6) is 0.713. The SMILES string of the molecule is COC(=O)c1ccc([C@H](C)CC(=O)[C@@H]2N[C@H]3CC[C@@H]2C3)cc1. The number of carbonyl (C=O) groups excluding carboxylic acids is 2. The Morgan fingerprint density at radius 3 is 2.55 bits per heavy atom. The third-order valence-electron chi connectivity index (χ3n) is 5.11. The molecule has 1 aliphatic heterocycles. The number of benzene rings is 1. The van der Waals surface area contributed by atoms with Crippen LogP contribution in [0.5, 0.6) is 0 Å². The molecule has 3 rings (SSSR count). The van der Waals surface area contributed by atoms with Gasteiger partial charge in [-0.3, -0.25) is 4.79 Å². The van der Waals surface area contributed by atoms with E-state index in [2.05, 4.69) is 12.2 Å². The Labute approximate surface area is 131 Å². The minimum absolute atomic E-state index is 0.0653. The van der Waals surface area contributed by atoms with Gasteiger partial charge in [0.05, 0.1) is 18.7 Å². The highest BCUT2D eigenvalue weighted by Crippen LogP contribution is 2.36. The second kappa shape index (κ2) is 6.21. The summed E-state index contributed by atoms with van der Waals surface area (Å²) < 4.78 is 4.70. The smallest absolute Gasteiger partial charge is 0.337 e. The van der Waals surface area contributed by atoms with E-state index in [0.29, 0.717) is 29.7 Å². The molecule has 0 radical (unpaired) electrons. The van der Waals surface area contributed by atoms with Crippen LogP contribution >= 0.6 is 0 Å². The van der Waals surface area contributed by atoms with Gasteiger partial charge in [-0.05, 0) is 48.8 Å². The lowest BCUT2D eigenvalue weighted by atomic mass is 9.88. The van der Waals surface area contributed by atoms with Gasteiger partial charge >= 0.3 is 5.97 Å². The van der Waals surface area contributed by atoms with Crippen LogP contribution in [0.2, 0.25) is 0 Å². The van der Waals surface area contributed by atoms with Gasteiger partial charge in [0, 0.05) is 12.5 Å². The molecule has 0 aromatic heterocycles. The van der Waals surface area contributed by atoms with Gasteiger partial charge in [0.2, 0.25) is 0 Å². The van der Waals surface area contributed by atoms with Crippen LogP contribution in [-0.2, 0) is 9.53 Å². The number of piperidine rings is 1. The van der Waals surface area contributed by atoms with Gasteiger partial charge in [0.1, 0.15) is 0 Å². The van der Waals surface area contributed by atoms with E-state index in [1.54, 1.807) is 12.1 Å². The molecule has 1 heterocycles. The Hall–Kier alpha value is -1.68. The molecule has 2 bridgehead atoms. The average Bonchev–Trinajstić information content (AvgIpc) is 3.17. The van der Waals surface area contributed by atoms with Crippen molar-refractivity contribution in [2.75, 3.05) is 7.11 Å². The van der Waals surface area contributed by atoms with Gasteiger partial charge in [-0.2, -0.15) is 0 Å². The molecule has 0 spiro atoms. The van der Waals surface area contributed by atoms with E-state index in [-0.39, 0.29) is 17.9 Å². The van der Waals surface area contributed by atoms with Crippen molar-refractivity contribution in [1.29, 1.82) is 0 Å². The monoisotopic (exact) mass is 301 g/mol. The first-order chi connectivity index (χ1) is 10.6. The molecule has 1 aliphatic carbocycles. The summed E-state index contributed by atoms with van der Waals surface area (Å²) in [7, 11) is 1.37. The summed E-state index contributed by atoms with van der Waals surface area (Å²) in [4.78, 5) is 23.9. The molecule has 1 aromatic carbocycles. The van der Waals surface area contributed by atoms with Crippen molar-refractivity contribution in [2.24, 2.45) is 5.92 Å². The zero-order valence-electron chi connectivity index (χ0n) is 13.2. The Balaban J connectivity index is 1.60. The second-order valence-corrected chi connectivity index (χ2v) is 6.60. The third kappa shape index (κ3) is 2.93. The van der Waals surface area contributed by atoms with Crippen molar-refractivity contribution in [1.82, 2.24) is 5.32 Å². The number of esters is 1. The van der Waals surface area contributed by atoms with Crippen molar-refractivity contribution in [2.45, 2.75) is 50.6 Å². The number of fused-ring (bicyclic) bond motifs is 2. The van der Waals surface area contributed by atoms with Crippen molar-refractivity contribution in [3.8, 4) is 0 Å². The standard InChI is InChI=1S/C18H23NO3/c1-11(12-3-5-13(6-4-12)18(21)22-2)9-16(20)17-14-7-8-15(10-14)19-17/h3-6,11,14-15,17,19H,7-10H2,1-2H3/t11-,14-,15+,17-/m1/s1. The maximum Gasteiger partial charge on any atom is 0.337 e. The summed E-state index contributed by atoms with van der Waals surface area (Å²) in [6, 6.07) is 7.98. The lowest BCUT2D eigenvalue weighted by molar-refractivity contribution is -0.122. The molecule has 22 heavy (non-hydrogen) atoms. The second-order valence-electron chi connectivity index (χ2n) is 6.60. The fourth-order valence-electron chi connectivity index (χ4n) is 3.83. The molecule has 2 fully saturated rings. The number of Topliss-reactive ketones (excluding diaryl/α,β-unsaturated/α-hetero) is 1. The average molecular weight is 301 g/mol. The van der Waals surface area contributed by atoms with Crippen LogP contribution in [0.15, 0.2) is 24.3 Å². The summed E-state index contributed by atoms with van der Waals surface area (Å²) >= 11 is 0. The summed E-state index contributed by atoms with van der Waals surface area (Å²) in [5.41, 5.74) is 1.63. The maximum absolute atomic E-state index is 12.5. The topological polar surface area (TPSA) is 55.4 Å². The first-order valence-electron chi connectivity index (χ1n) is 8.05. The van der Waals surface area contributed by atoms with Crippen LogP contribution in [-0.4, -0.2) is 30.9 Å². The van der Waals surface area contributed by atoms with Gasteiger partial charge in [-0.1, -0.05) is 19.1 Å². The Bertz CT molecular complexity index is 566. The molecule has 2 aliphatic rings. The van der Waals surface area contributed by atoms with Crippen LogP contribution < -0.4 is 5.32 Å². The fraction of sp³-hybridized carbons (Fsp3) is 0.556. The van der Waals surface area contributed by atoms with Crippen molar-refractivity contribution < 1.29 is 14.3 Å². The van der Waals surface area contributed by atoms with Crippen molar-refractivity contribution >= 4 is 11.8 Å². The molecule has 4 nitrogen and oxygen atoms in total. The molecule has 1 N–H and O–H groups in total. The number of ketones is 1. The van der Waals surface area contributed by atoms with Gasteiger partial charge in [-0.25, -0.2) is 4.79 Å². The number of hydrogen-bond donors (Lipinski definition) is 1. The van der Waals surface area contributed by atoms with Crippen LogP contribution in [0, 0.1) is 5.92 Å². The Kier molecular flexibility index (Phi) is 4.30. The number of hydrogen-bond acceptors (Lipinski definition) is 4. The molecular weight excluding hydrogens is 278 g/mol. The Morgan fingerprint density at radius 1 is 1.27 bits per heavy atom. The molecule has 0 unspecified atom stereocenters. The number of nitrogens with one attached hydrogen (secondary N) is 1.